The highest BCUT2D eigenvalue weighted by Crippen LogP contribution is 2.22. The van der Waals surface area contributed by atoms with Crippen molar-refractivity contribution >= 4 is 11.6 Å². The minimum atomic E-state index is 0.118. The number of anilines is 1. The number of rotatable bonds is 5. The van der Waals surface area contributed by atoms with Crippen molar-refractivity contribution in [2.75, 3.05) is 31.6 Å². The summed E-state index contributed by atoms with van der Waals surface area (Å²) in [6, 6.07) is 6.24. The molecule has 0 aromatic heterocycles. The fourth-order valence-corrected chi connectivity index (χ4v) is 2.66. The fourth-order valence-electron chi connectivity index (χ4n) is 2.66. The third-order valence-electron chi connectivity index (χ3n) is 3.93. The summed E-state index contributed by atoms with van der Waals surface area (Å²) in [5, 5.41) is 3.36. The van der Waals surface area contributed by atoms with Crippen molar-refractivity contribution < 1.29 is 9.53 Å². The Kier molecular flexibility index (Phi) is 5.62. The van der Waals surface area contributed by atoms with Crippen molar-refractivity contribution in [3.63, 3.8) is 0 Å². The monoisotopic (exact) mass is 290 g/mol. The number of carbonyl (C=O) groups excluding carboxylic acids is 1. The smallest absolute Gasteiger partial charge is 0.256 e. The molecule has 2 rings (SSSR count). The highest BCUT2D eigenvalue weighted by atomic mass is 16.5. The summed E-state index contributed by atoms with van der Waals surface area (Å²) < 4.78 is 5.50. The number of morpholine rings is 1. The molecule has 0 bridgehead atoms. The van der Waals surface area contributed by atoms with E-state index in [9.17, 15) is 4.79 Å². The maximum atomic E-state index is 12.9. The van der Waals surface area contributed by atoms with Crippen LogP contribution in [0.2, 0.25) is 0 Å². The van der Waals surface area contributed by atoms with Crippen LogP contribution >= 0.6 is 0 Å². The fraction of sp³-hybridized carbons (Fsp3) is 0.588. The van der Waals surface area contributed by atoms with E-state index in [2.05, 4.69) is 19.2 Å². The van der Waals surface area contributed by atoms with Gasteiger partial charge in [0.1, 0.15) is 0 Å². The van der Waals surface area contributed by atoms with Gasteiger partial charge in [-0.25, -0.2) is 0 Å². The van der Waals surface area contributed by atoms with Crippen LogP contribution in [0.1, 0.15) is 42.6 Å². The number of hydrogen-bond donors (Lipinski definition) is 1. The van der Waals surface area contributed by atoms with Crippen LogP contribution in [0.3, 0.4) is 0 Å². The molecule has 1 unspecified atom stereocenters. The molecule has 1 aliphatic heterocycles. The van der Waals surface area contributed by atoms with E-state index in [1.54, 1.807) is 0 Å². The second-order valence-electron chi connectivity index (χ2n) is 5.61. The standard InChI is InChI=1S/C17H26N2O2/c1-4-8-18-16-7-6-13(3)11-15(16)17(20)19-9-10-21-12-14(19)5-2/h6-7,11,14,18H,4-5,8-10,12H2,1-3H3. The first-order valence-corrected chi connectivity index (χ1v) is 7.90. The minimum absolute atomic E-state index is 0.118. The van der Waals surface area contributed by atoms with Crippen LogP contribution in [0.4, 0.5) is 5.69 Å². The highest BCUT2D eigenvalue weighted by molar-refractivity contribution is 6.00. The van der Waals surface area contributed by atoms with Gasteiger partial charge in [-0.15, -0.1) is 0 Å². The van der Waals surface area contributed by atoms with E-state index in [4.69, 9.17) is 4.74 Å². The number of amides is 1. The molecular weight excluding hydrogens is 264 g/mol. The Bertz CT molecular complexity index is 488. The van der Waals surface area contributed by atoms with Gasteiger partial charge in [-0.1, -0.05) is 25.5 Å². The molecular formula is C17H26N2O2. The molecule has 0 radical (unpaired) electrons. The molecule has 21 heavy (non-hydrogen) atoms. The molecule has 1 saturated heterocycles. The van der Waals surface area contributed by atoms with E-state index in [0.29, 0.717) is 19.8 Å². The average Bonchev–Trinajstić information content (AvgIpc) is 2.53. The van der Waals surface area contributed by atoms with E-state index in [0.717, 1.165) is 36.2 Å². The van der Waals surface area contributed by atoms with Gasteiger partial charge in [0.15, 0.2) is 0 Å². The number of nitrogens with zero attached hydrogens (tertiary/aromatic N) is 1. The molecule has 1 aromatic carbocycles. The molecule has 1 amide bonds. The first kappa shape index (κ1) is 15.8. The minimum Gasteiger partial charge on any atom is -0.384 e. The number of carbonyl (C=O) groups is 1. The quantitative estimate of drug-likeness (QED) is 0.906. The lowest BCUT2D eigenvalue weighted by molar-refractivity contribution is -0.00275. The van der Waals surface area contributed by atoms with Crippen LogP contribution in [0.5, 0.6) is 0 Å². The van der Waals surface area contributed by atoms with Gasteiger partial charge >= 0.3 is 0 Å². The Morgan fingerprint density at radius 2 is 2.24 bits per heavy atom. The van der Waals surface area contributed by atoms with Gasteiger partial charge in [-0.3, -0.25) is 4.79 Å². The van der Waals surface area contributed by atoms with E-state index in [1.807, 2.05) is 30.0 Å². The molecule has 1 heterocycles. The van der Waals surface area contributed by atoms with Gasteiger partial charge in [0.2, 0.25) is 0 Å². The van der Waals surface area contributed by atoms with Crippen LogP contribution < -0.4 is 5.32 Å². The number of benzene rings is 1. The normalized spacial score (nSPS) is 18.6. The Balaban J connectivity index is 2.26. The predicted molar refractivity (Wildman–Crippen MR) is 85.9 cm³/mol. The highest BCUT2D eigenvalue weighted by Gasteiger charge is 2.28. The van der Waals surface area contributed by atoms with Gasteiger partial charge in [0.25, 0.3) is 5.91 Å². The van der Waals surface area contributed by atoms with Crippen molar-refractivity contribution in [1.29, 1.82) is 0 Å². The molecule has 1 aromatic rings. The first-order chi connectivity index (χ1) is 10.2. The molecule has 1 aliphatic rings. The zero-order valence-corrected chi connectivity index (χ0v) is 13.3. The first-order valence-electron chi connectivity index (χ1n) is 7.90. The molecule has 1 fully saturated rings. The molecule has 0 saturated carbocycles. The van der Waals surface area contributed by atoms with Crippen molar-refractivity contribution in [2.24, 2.45) is 0 Å². The zero-order valence-electron chi connectivity index (χ0n) is 13.3. The maximum absolute atomic E-state index is 12.9. The number of ether oxygens (including phenoxy) is 1. The predicted octanol–water partition coefficient (Wildman–Crippen LogP) is 3.07. The van der Waals surface area contributed by atoms with Crippen molar-refractivity contribution in [1.82, 2.24) is 4.90 Å². The van der Waals surface area contributed by atoms with Crippen LogP contribution in [0.25, 0.3) is 0 Å². The summed E-state index contributed by atoms with van der Waals surface area (Å²) in [5.41, 5.74) is 2.83. The van der Waals surface area contributed by atoms with Crippen LogP contribution in [-0.4, -0.2) is 43.2 Å². The lowest BCUT2D eigenvalue weighted by atomic mass is 10.1. The molecule has 1 N–H and O–H groups in total. The van der Waals surface area contributed by atoms with Gasteiger partial charge in [0.05, 0.1) is 24.8 Å². The largest absolute Gasteiger partial charge is 0.384 e. The average molecular weight is 290 g/mol. The van der Waals surface area contributed by atoms with Crippen molar-refractivity contribution in [2.45, 2.75) is 39.7 Å². The van der Waals surface area contributed by atoms with Gasteiger partial charge in [0, 0.05) is 18.8 Å². The van der Waals surface area contributed by atoms with E-state index >= 15 is 0 Å². The summed E-state index contributed by atoms with van der Waals surface area (Å²) in [5.74, 6) is 0.118. The van der Waals surface area contributed by atoms with E-state index in [-0.39, 0.29) is 11.9 Å². The lowest BCUT2D eigenvalue weighted by Crippen LogP contribution is -2.48. The molecule has 4 heteroatoms. The summed E-state index contributed by atoms with van der Waals surface area (Å²) in [4.78, 5) is 14.9. The number of aryl methyl sites for hydroxylation is 1. The van der Waals surface area contributed by atoms with Crippen LogP contribution in [0.15, 0.2) is 18.2 Å². The Morgan fingerprint density at radius 1 is 1.43 bits per heavy atom. The van der Waals surface area contributed by atoms with Gasteiger partial charge in [-0.2, -0.15) is 0 Å². The lowest BCUT2D eigenvalue weighted by Gasteiger charge is -2.35. The Hall–Kier alpha value is -1.55. The maximum Gasteiger partial charge on any atom is 0.256 e. The van der Waals surface area contributed by atoms with Crippen molar-refractivity contribution in [3.05, 3.63) is 29.3 Å². The zero-order chi connectivity index (χ0) is 15.2. The van der Waals surface area contributed by atoms with Crippen molar-refractivity contribution in [3.8, 4) is 0 Å². The second kappa shape index (κ2) is 7.46. The third-order valence-corrected chi connectivity index (χ3v) is 3.93. The molecule has 1 atom stereocenters. The molecule has 4 nitrogen and oxygen atoms in total. The summed E-state index contributed by atoms with van der Waals surface area (Å²) in [6.07, 6.45) is 1.96. The topological polar surface area (TPSA) is 41.6 Å². The summed E-state index contributed by atoms with van der Waals surface area (Å²) >= 11 is 0. The second-order valence-corrected chi connectivity index (χ2v) is 5.61. The Labute approximate surface area is 127 Å². The number of hydrogen-bond acceptors (Lipinski definition) is 3. The van der Waals surface area contributed by atoms with E-state index < -0.39 is 0 Å². The third kappa shape index (κ3) is 3.76. The van der Waals surface area contributed by atoms with Crippen LogP contribution in [0, 0.1) is 6.92 Å². The van der Waals surface area contributed by atoms with Gasteiger partial charge < -0.3 is 15.0 Å². The SMILES string of the molecule is CCCNc1ccc(C)cc1C(=O)N1CCOCC1CC. The molecule has 116 valence electrons. The molecule has 0 spiro atoms. The Morgan fingerprint density at radius 3 is 2.95 bits per heavy atom. The van der Waals surface area contributed by atoms with E-state index in [1.165, 1.54) is 0 Å². The summed E-state index contributed by atoms with van der Waals surface area (Å²) in [6.45, 7) is 9.08. The summed E-state index contributed by atoms with van der Waals surface area (Å²) in [7, 11) is 0. The molecule has 0 aliphatic carbocycles. The van der Waals surface area contributed by atoms with Gasteiger partial charge in [-0.05, 0) is 31.9 Å². The van der Waals surface area contributed by atoms with Crippen LogP contribution in [-0.2, 0) is 4.74 Å². The number of nitrogens with one attached hydrogen (secondary N) is 1.